The SMILES string of the molecule is C[C@@H](NC(=O)C1CCN(C(=O)C(C)(C)C)CC1)C1CC1. The van der Waals surface area contributed by atoms with Crippen molar-refractivity contribution in [3.05, 3.63) is 0 Å². The second-order valence-electron chi connectivity index (χ2n) is 7.45. The summed E-state index contributed by atoms with van der Waals surface area (Å²) in [7, 11) is 0. The maximum Gasteiger partial charge on any atom is 0.227 e. The average Bonchev–Trinajstić information content (AvgIpc) is 3.21. The van der Waals surface area contributed by atoms with Crippen LogP contribution in [0.3, 0.4) is 0 Å². The van der Waals surface area contributed by atoms with Gasteiger partial charge in [-0.05, 0) is 38.5 Å². The molecule has 114 valence electrons. The predicted molar refractivity (Wildman–Crippen MR) is 79.1 cm³/mol. The molecule has 0 bridgehead atoms. The predicted octanol–water partition coefficient (Wildman–Crippen LogP) is 2.19. The zero-order chi connectivity index (χ0) is 14.9. The number of carbonyl (C=O) groups is 2. The van der Waals surface area contributed by atoms with Crippen LogP contribution in [0.4, 0.5) is 0 Å². The Hall–Kier alpha value is -1.06. The fourth-order valence-electron chi connectivity index (χ4n) is 2.88. The Morgan fingerprint density at radius 2 is 1.65 bits per heavy atom. The van der Waals surface area contributed by atoms with E-state index in [1.165, 1.54) is 12.8 Å². The molecule has 1 saturated carbocycles. The number of hydrogen-bond acceptors (Lipinski definition) is 2. The van der Waals surface area contributed by atoms with Crippen LogP contribution in [0, 0.1) is 17.3 Å². The molecule has 1 heterocycles. The van der Waals surface area contributed by atoms with Crippen LogP contribution in [-0.2, 0) is 9.59 Å². The van der Waals surface area contributed by atoms with Crippen LogP contribution in [0.25, 0.3) is 0 Å². The third kappa shape index (κ3) is 3.74. The van der Waals surface area contributed by atoms with Gasteiger partial charge in [-0.2, -0.15) is 0 Å². The van der Waals surface area contributed by atoms with Crippen molar-refractivity contribution in [1.82, 2.24) is 10.2 Å². The number of rotatable bonds is 3. The van der Waals surface area contributed by atoms with Crippen molar-refractivity contribution >= 4 is 11.8 Å². The first-order chi connectivity index (χ1) is 9.29. The lowest BCUT2D eigenvalue weighted by Crippen LogP contribution is -2.47. The second-order valence-corrected chi connectivity index (χ2v) is 7.45. The van der Waals surface area contributed by atoms with Crippen molar-refractivity contribution in [3.8, 4) is 0 Å². The zero-order valence-electron chi connectivity index (χ0n) is 13.2. The third-order valence-corrected chi connectivity index (χ3v) is 4.49. The fraction of sp³-hybridized carbons (Fsp3) is 0.875. The van der Waals surface area contributed by atoms with Crippen LogP contribution in [-0.4, -0.2) is 35.8 Å². The maximum atomic E-state index is 12.2. The zero-order valence-corrected chi connectivity index (χ0v) is 13.2. The molecule has 2 rings (SSSR count). The van der Waals surface area contributed by atoms with Gasteiger partial charge in [0.1, 0.15) is 0 Å². The fourth-order valence-corrected chi connectivity index (χ4v) is 2.88. The number of carbonyl (C=O) groups excluding carboxylic acids is 2. The van der Waals surface area contributed by atoms with Gasteiger partial charge >= 0.3 is 0 Å². The molecule has 1 atom stereocenters. The Morgan fingerprint density at radius 1 is 1.10 bits per heavy atom. The van der Waals surface area contributed by atoms with E-state index < -0.39 is 0 Å². The lowest BCUT2D eigenvalue weighted by atomic mass is 9.90. The number of nitrogens with zero attached hydrogens (tertiary/aromatic N) is 1. The number of piperidine rings is 1. The summed E-state index contributed by atoms with van der Waals surface area (Å²) in [5, 5.41) is 3.14. The molecule has 0 aromatic carbocycles. The highest BCUT2D eigenvalue weighted by molar-refractivity contribution is 5.82. The molecule has 0 aromatic heterocycles. The molecule has 0 radical (unpaired) electrons. The monoisotopic (exact) mass is 280 g/mol. The normalized spacial score (nSPS) is 22.5. The molecule has 2 fully saturated rings. The van der Waals surface area contributed by atoms with E-state index in [-0.39, 0.29) is 23.1 Å². The largest absolute Gasteiger partial charge is 0.353 e. The van der Waals surface area contributed by atoms with E-state index in [4.69, 9.17) is 0 Å². The van der Waals surface area contributed by atoms with Crippen molar-refractivity contribution in [2.45, 2.75) is 59.4 Å². The van der Waals surface area contributed by atoms with Crippen molar-refractivity contribution < 1.29 is 9.59 Å². The molecule has 1 saturated heterocycles. The average molecular weight is 280 g/mol. The number of likely N-dealkylation sites (tertiary alicyclic amines) is 1. The first-order valence-corrected chi connectivity index (χ1v) is 7.89. The minimum atomic E-state index is -0.324. The minimum Gasteiger partial charge on any atom is -0.353 e. The maximum absolute atomic E-state index is 12.2. The van der Waals surface area contributed by atoms with Crippen LogP contribution >= 0.6 is 0 Å². The highest BCUT2D eigenvalue weighted by atomic mass is 16.2. The second kappa shape index (κ2) is 5.74. The van der Waals surface area contributed by atoms with Crippen LogP contribution in [0.5, 0.6) is 0 Å². The van der Waals surface area contributed by atoms with Crippen LogP contribution in [0.15, 0.2) is 0 Å². The van der Waals surface area contributed by atoms with E-state index in [0.29, 0.717) is 25.0 Å². The molecular weight excluding hydrogens is 252 g/mol. The lowest BCUT2D eigenvalue weighted by molar-refractivity contribution is -0.142. The number of hydrogen-bond donors (Lipinski definition) is 1. The van der Waals surface area contributed by atoms with E-state index >= 15 is 0 Å². The van der Waals surface area contributed by atoms with Crippen molar-refractivity contribution in [2.24, 2.45) is 17.3 Å². The Kier molecular flexibility index (Phi) is 4.40. The summed E-state index contributed by atoms with van der Waals surface area (Å²) in [6, 6.07) is 0.316. The van der Waals surface area contributed by atoms with Crippen molar-refractivity contribution in [2.75, 3.05) is 13.1 Å². The summed E-state index contributed by atoms with van der Waals surface area (Å²) in [5.74, 6) is 1.16. The van der Waals surface area contributed by atoms with E-state index in [9.17, 15) is 9.59 Å². The molecule has 4 nitrogen and oxygen atoms in total. The van der Waals surface area contributed by atoms with Gasteiger partial charge in [0, 0.05) is 30.5 Å². The van der Waals surface area contributed by atoms with Gasteiger partial charge in [0.2, 0.25) is 11.8 Å². The van der Waals surface area contributed by atoms with Gasteiger partial charge in [-0.1, -0.05) is 20.8 Å². The molecule has 20 heavy (non-hydrogen) atoms. The molecule has 2 amide bonds. The summed E-state index contributed by atoms with van der Waals surface area (Å²) < 4.78 is 0. The van der Waals surface area contributed by atoms with E-state index in [1.54, 1.807) is 0 Å². The molecule has 2 aliphatic rings. The summed E-state index contributed by atoms with van der Waals surface area (Å²) in [5.41, 5.74) is -0.324. The molecule has 0 unspecified atom stereocenters. The van der Waals surface area contributed by atoms with Crippen LogP contribution in [0.2, 0.25) is 0 Å². The summed E-state index contributed by atoms with van der Waals surface area (Å²) in [4.78, 5) is 26.3. The molecule has 1 aliphatic carbocycles. The van der Waals surface area contributed by atoms with Gasteiger partial charge in [-0.25, -0.2) is 0 Å². The van der Waals surface area contributed by atoms with Gasteiger partial charge < -0.3 is 10.2 Å². The lowest BCUT2D eigenvalue weighted by Gasteiger charge is -2.35. The molecular formula is C16H28N2O2. The Labute approximate surface area is 122 Å². The van der Waals surface area contributed by atoms with Crippen LogP contribution in [0.1, 0.15) is 53.4 Å². The van der Waals surface area contributed by atoms with E-state index in [0.717, 1.165) is 12.8 Å². The van der Waals surface area contributed by atoms with Crippen molar-refractivity contribution in [3.63, 3.8) is 0 Å². The first-order valence-electron chi connectivity index (χ1n) is 7.89. The highest BCUT2D eigenvalue weighted by Crippen LogP contribution is 2.32. The number of nitrogens with one attached hydrogen (secondary N) is 1. The first kappa shape index (κ1) is 15.3. The third-order valence-electron chi connectivity index (χ3n) is 4.49. The van der Waals surface area contributed by atoms with Gasteiger partial charge in [0.05, 0.1) is 0 Å². The summed E-state index contributed by atoms with van der Waals surface area (Å²) in [6.45, 7) is 9.38. The minimum absolute atomic E-state index is 0.0835. The van der Waals surface area contributed by atoms with Gasteiger partial charge in [0.25, 0.3) is 0 Å². The quantitative estimate of drug-likeness (QED) is 0.861. The summed E-state index contributed by atoms with van der Waals surface area (Å²) in [6.07, 6.45) is 4.09. The van der Waals surface area contributed by atoms with Gasteiger partial charge in [0.15, 0.2) is 0 Å². The molecule has 0 aromatic rings. The van der Waals surface area contributed by atoms with Gasteiger partial charge in [-0.15, -0.1) is 0 Å². The van der Waals surface area contributed by atoms with Crippen LogP contribution < -0.4 is 5.32 Å². The summed E-state index contributed by atoms with van der Waals surface area (Å²) >= 11 is 0. The molecule has 0 spiro atoms. The molecule has 1 aliphatic heterocycles. The Morgan fingerprint density at radius 3 is 2.10 bits per heavy atom. The highest BCUT2D eigenvalue weighted by Gasteiger charge is 2.34. The smallest absolute Gasteiger partial charge is 0.227 e. The van der Waals surface area contributed by atoms with Gasteiger partial charge in [-0.3, -0.25) is 9.59 Å². The molecule has 4 heteroatoms. The molecule has 1 N–H and O–H groups in total. The van der Waals surface area contributed by atoms with Crippen molar-refractivity contribution in [1.29, 1.82) is 0 Å². The van der Waals surface area contributed by atoms with E-state index in [1.807, 2.05) is 25.7 Å². The number of amides is 2. The topological polar surface area (TPSA) is 49.4 Å². The Balaban J connectivity index is 1.78. The Bertz CT molecular complexity index is 374. The van der Waals surface area contributed by atoms with E-state index in [2.05, 4.69) is 12.2 Å². The standard InChI is InChI=1S/C16H28N2O2/c1-11(12-5-6-12)17-14(19)13-7-9-18(10-8-13)15(20)16(2,3)4/h11-13H,5-10H2,1-4H3,(H,17,19)/t11-/m1/s1.